The first kappa shape index (κ1) is 29.3. The monoisotopic (exact) mass is 644 g/mol. The predicted octanol–water partition coefficient (Wildman–Crippen LogP) is 12.7. The zero-order chi connectivity index (χ0) is 33.0. The van der Waals surface area contributed by atoms with Gasteiger partial charge in [0.05, 0.1) is 17.1 Å². The van der Waals surface area contributed by atoms with Crippen molar-refractivity contribution in [3.8, 4) is 11.1 Å². The molecule has 2 heterocycles. The highest BCUT2D eigenvalue weighted by Gasteiger charge is 2.27. The molecule has 2 unspecified atom stereocenters. The lowest BCUT2D eigenvalue weighted by Crippen LogP contribution is -2.15. The van der Waals surface area contributed by atoms with Crippen molar-refractivity contribution in [2.24, 2.45) is 0 Å². The van der Waals surface area contributed by atoms with Crippen LogP contribution in [0.15, 0.2) is 163 Å². The summed E-state index contributed by atoms with van der Waals surface area (Å²) < 4.78 is 5.16. The molecule has 10 rings (SSSR count). The second kappa shape index (κ2) is 12.1. The van der Waals surface area contributed by atoms with E-state index in [2.05, 4.69) is 167 Å². The minimum absolute atomic E-state index is 0.311. The molecule has 4 aromatic carbocycles. The van der Waals surface area contributed by atoms with E-state index in [0.29, 0.717) is 12.0 Å². The topological polar surface area (TPSA) is 9.86 Å². The van der Waals surface area contributed by atoms with Gasteiger partial charge in [0.2, 0.25) is 0 Å². The number of rotatable bonds is 5. The Hall–Kier alpha value is -5.60. The number of allylic oxidation sites excluding steroid dienone is 13. The molecular formula is C48H40N2. The molecule has 2 atom stereocenters. The molecule has 0 bridgehead atoms. The molecular weight excluding hydrogens is 605 g/mol. The minimum Gasteiger partial charge on any atom is -0.337 e. The van der Waals surface area contributed by atoms with Gasteiger partial charge in [-0.25, -0.2) is 0 Å². The van der Waals surface area contributed by atoms with Gasteiger partial charge in [-0.2, -0.15) is 0 Å². The zero-order valence-electron chi connectivity index (χ0n) is 28.3. The van der Waals surface area contributed by atoms with E-state index in [9.17, 15) is 0 Å². The molecule has 0 radical (unpaired) electrons. The van der Waals surface area contributed by atoms with Gasteiger partial charge >= 0.3 is 0 Å². The molecule has 0 N–H and O–H groups in total. The summed E-state index contributed by atoms with van der Waals surface area (Å²) in [5, 5.41) is 4.03. The Kier molecular flexibility index (Phi) is 7.08. The van der Waals surface area contributed by atoms with Crippen molar-refractivity contribution in [3.05, 3.63) is 180 Å². The Morgan fingerprint density at radius 2 is 1.42 bits per heavy atom. The molecule has 0 spiro atoms. The molecule has 2 nitrogen and oxygen atoms in total. The fraction of sp³-hybridized carbons (Fsp3) is 0.167. The second-order valence-electron chi connectivity index (χ2n) is 14.3. The fourth-order valence-electron chi connectivity index (χ4n) is 8.93. The summed E-state index contributed by atoms with van der Waals surface area (Å²) in [5.74, 6) is 0.311. The van der Waals surface area contributed by atoms with Crippen LogP contribution in [0.1, 0.15) is 60.9 Å². The van der Waals surface area contributed by atoms with Crippen LogP contribution in [-0.2, 0) is 6.42 Å². The molecule has 0 fully saturated rings. The third kappa shape index (κ3) is 4.85. The molecule has 50 heavy (non-hydrogen) atoms. The maximum Gasteiger partial charge on any atom is 0.0557 e. The third-order valence-corrected chi connectivity index (χ3v) is 11.4. The van der Waals surface area contributed by atoms with Gasteiger partial charge in [-0.05, 0) is 103 Å². The number of benzene rings is 4. The first-order valence-electron chi connectivity index (χ1n) is 18.3. The van der Waals surface area contributed by atoms with Gasteiger partial charge in [0.25, 0.3) is 0 Å². The summed E-state index contributed by atoms with van der Waals surface area (Å²) in [6, 6.07) is 34.5. The first-order chi connectivity index (χ1) is 24.8. The molecule has 0 saturated heterocycles. The van der Waals surface area contributed by atoms with E-state index in [1.54, 1.807) is 0 Å². The number of aromatic nitrogens is 2. The van der Waals surface area contributed by atoms with Crippen molar-refractivity contribution in [1.29, 1.82) is 0 Å². The van der Waals surface area contributed by atoms with Crippen molar-refractivity contribution < 1.29 is 0 Å². The number of nitrogens with zero attached hydrogens (tertiary/aromatic N) is 2. The van der Waals surface area contributed by atoms with Crippen molar-refractivity contribution >= 4 is 44.5 Å². The third-order valence-electron chi connectivity index (χ3n) is 11.4. The normalized spacial score (nSPS) is 20.0. The number of para-hydroxylation sites is 1. The van der Waals surface area contributed by atoms with E-state index in [1.807, 2.05) is 0 Å². The summed E-state index contributed by atoms with van der Waals surface area (Å²) in [4.78, 5) is 0. The van der Waals surface area contributed by atoms with Gasteiger partial charge in [-0.15, -0.1) is 0 Å². The molecule has 2 aromatic heterocycles. The van der Waals surface area contributed by atoms with Crippen LogP contribution in [0.4, 0.5) is 0 Å². The van der Waals surface area contributed by atoms with Crippen LogP contribution in [-0.4, -0.2) is 9.13 Å². The molecule has 242 valence electrons. The predicted molar refractivity (Wildman–Crippen MR) is 212 cm³/mol. The lowest BCUT2D eigenvalue weighted by atomic mass is 9.87. The van der Waals surface area contributed by atoms with Gasteiger partial charge in [0, 0.05) is 44.5 Å². The lowest BCUT2D eigenvalue weighted by molar-refractivity contribution is 0.589. The van der Waals surface area contributed by atoms with Crippen molar-refractivity contribution in [2.45, 2.75) is 50.5 Å². The molecule has 2 heteroatoms. The summed E-state index contributed by atoms with van der Waals surface area (Å²) in [7, 11) is 0. The van der Waals surface area contributed by atoms with Gasteiger partial charge in [0.15, 0.2) is 0 Å². The van der Waals surface area contributed by atoms with Crippen LogP contribution in [0, 0.1) is 0 Å². The van der Waals surface area contributed by atoms with E-state index in [-0.39, 0.29) is 0 Å². The average Bonchev–Trinajstić information content (AvgIpc) is 3.70. The Morgan fingerprint density at radius 3 is 2.24 bits per heavy atom. The maximum absolute atomic E-state index is 2.62. The summed E-state index contributed by atoms with van der Waals surface area (Å²) in [6.07, 6.45) is 31.9. The summed E-state index contributed by atoms with van der Waals surface area (Å²) in [5.41, 5.74) is 15.1. The Labute approximate surface area is 294 Å². The van der Waals surface area contributed by atoms with Crippen molar-refractivity contribution in [3.63, 3.8) is 0 Å². The number of hydrogen-bond donors (Lipinski definition) is 0. The Balaban J connectivity index is 1.10. The van der Waals surface area contributed by atoms with Gasteiger partial charge < -0.3 is 9.13 Å². The van der Waals surface area contributed by atoms with Crippen LogP contribution in [0.3, 0.4) is 0 Å². The van der Waals surface area contributed by atoms with Crippen LogP contribution in [0.5, 0.6) is 0 Å². The SMILES string of the molecule is C1=CCCC(C2=CC=C(n3c4ccc(-c5ccccc5)cc4c4cc(C5C=Cc6c(n(C7C=CC=CC7)c7ccccc67)C5)ccc43)CC2)=C1. The van der Waals surface area contributed by atoms with Crippen LogP contribution in [0.2, 0.25) is 0 Å². The van der Waals surface area contributed by atoms with Crippen LogP contribution in [0.25, 0.3) is 55.6 Å². The quantitative estimate of drug-likeness (QED) is 0.177. The van der Waals surface area contributed by atoms with E-state index in [4.69, 9.17) is 0 Å². The summed E-state index contributed by atoms with van der Waals surface area (Å²) >= 11 is 0. The van der Waals surface area contributed by atoms with E-state index < -0.39 is 0 Å². The van der Waals surface area contributed by atoms with Crippen LogP contribution >= 0.6 is 0 Å². The molecule has 4 aliphatic rings. The largest absolute Gasteiger partial charge is 0.337 e. The molecule has 0 saturated carbocycles. The smallest absolute Gasteiger partial charge is 0.0557 e. The van der Waals surface area contributed by atoms with Gasteiger partial charge in [-0.1, -0.05) is 121 Å². The maximum atomic E-state index is 2.62. The zero-order valence-corrected chi connectivity index (χ0v) is 28.3. The highest BCUT2D eigenvalue weighted by atomic mass is 15.0. The fourth-order valence-corrected chi connectivity index (χ4v) is 8.93. The first-order valence-corrected chi connectivity index (χ1v) is 18.3. The lowest BCUT2D eigenvalue weighted by Gasteiger charge is -2.25. The molecule has 6 aromatic rings. The number of fused-ring (bicyclic) bond motifs is 6. The summed E-state index contributed by atoms with van der Waals surface area (Å²) in [6.45, 7) is 0. The van der Waals surface area contributed by atoms with Crippen molar-refractivity contribution in [1.82, 2.24) is 9.13 Å². The Bertz CT molecular complexity index is 2540. The van der Waals surface area contributed by atoms with Crippen molar-refractivity contribution in [2.75, 3.05) is 0 Å². The highest BCUT2D eigenvalue weighted by molar-refractivity contribution is 6.11. The number of hydrogen-bond acceptors (Lipinski definition) is 0. The van der Waals surface area contributed by atoms with Gasteiger partial charge in [-0.3, -0.25) is 0 Å². The van der Waals surface area contributed by atoms with E-state index in [1.165, 1.54) is 77.5 Å². The Morgan fingerprint density at radius 1 is 0.580 bits per heavy atom. The minimum atomic E-state index is 0.311. The van der Waals surface area contributed by atoms with Crippen LogP contribution < -0.4 is 0 Å². The molecule has 0 amide bonds. The second-order valence-corrected chi connectivity index (χ2v) is 14.3. The highest BCUT2D eigenvalue weighted by Crippen LogP contribution is 2.43. The molecule has 4 aliphatic carbocycles. The van der Waals surface area contributed by atoms with E-state index in [0.717, 1.165) is 38.5 Å². The van der Waals surface area contributed by atoms with Gasteiger partial charge in [0.1, 0.15) is 0 Å². The van der Waals surface area contributed by atoms with E-state index >= 15 is 0 Å². The molecule has 0 aliphatic heterocycles. The average molecular weight is 645 g/mol. The standard InChI is InChI=1S/C48H40N2/c1-4-12-33(13-5-1)35-20-25-40(26-21-35)49-46-28-23-36(34-14-6-2-7-15-34)30-43(46)44-31-37(24-29-47(44)49)38-22-27-42-41-18-10-11-19-45(41)50(48(42)32-38)39-16-8-3-9-17-39/h1-4,6-12,14-16,18-20,22-25,27-31,38-39H,5,13,17,21,26,32H2.